The van der Waals surface area contributed by atoms with Crippen LogP contribution in [-0.2, 0) is 20.4 Å². The number of hydrogen-bond acceptors (Lipinski definition) is 9. The highest BCUT2D eigenvalue weighted by molar-refractivity contribution is 7.92. The maximum atomic E-state index is 12.5. The van der Waals surface area contributed by atoms with E-state index >= 15 is 0 Å². The molecule has 1 heterocycles. The van der Waals surface area contributed by atoms with Gasteiger partial charge in [0, 0.05) is 6.07 Å². The number of ether oxygens (including phenoxy) is 1. The van der Waals surface area contributed by atoms with Crippen molar-refractivity contribution in [2.75, 3.05) is 11.9 Å². The number of aromatic nitrogens is 2. The van der Waals surface area contributed by atoms with Crippen LogP contribution < -0.4 is 10.1 Å². The van der Waals surface area contributed by atoms with Crippen LogP contribution >= 0.6 is 11.3 Å². The number of carbonyl (C=O) groups is 1. The Balaban J connectivity index is 1.61. The summed E-state index contributed by atoms with van der Waals surface area (Å²) in [6.07, 6.45) is 0. The molecule has 0 aliphatic rings. The van der Waals surface area contributed by atoms with E-state index in [2.05, 4.69) is 15.5 Å². The molecule has 0 aliphatic heterocycles. The lowest BCUT2D eigenvalue weighted by molar-refractivity contribution is -0.385. The molecule has 3 rings (SSSR count). The fraction of sp³-hybridized carbons (Fsp3) is 0.167. The number of anilines is 1. The largest absolute Gasteiger partial charge is 0.477 e. The van der Waals surface area contributed by atoms with Gasteiger partial charge in [-0.15, -0.1) is 10.2 Å². The van der Waals surface area contributed by atoms with Gasteiger partial charge >= 0.3 is 5.69 Å². The normalized spacial score (nSPS) is 11.1. The second-order valence-electron chi connectivity index (χ2n) is 6.18. The first-order valence-corrected chi connectivity index (χ1v) is 11.0. The summed E-state index contributed by atoms with van der Waals surface area (Å²) in [6, 6.07) is 12.7. The van der Waals surface area contributed by atoms with Crippen molar-refractivity contribution in [3.63, 3.8) is 0 Å². The highest BCUT2D eigenvalue weighted by Gasteiger charge is 2.22. The molecule has 0 fully saturated rings. The first-order valence-electron chi connectivity index (χ1n) is 8.52. The third kappa shape index (κ3) is 5.36. The number of aryl methyl sites for hydroxylation is 1. The van der Waals surface area contributed by atoms with E-state index in [-0.39, 0.29) is 26.7 Å². The van der Waals surface area contributed by atoms with Crippen molar-refractivity contribution in [2.24, 2.45) is 0 Å². The average molecular weight is 448 g/mol. The quantitative estimate of drug-likeness (QED) is 0.315. The molecule has 156 valence electrons. The second kappa shape index (κ2) is 8.97. The Morgan fingerprint density at radius 3 is 2.57 bits per heavy atom. The summed E-state index contributed by atoms with van der Waals surface area (Å²) in [5.41, 5.74) is 1.35. The molecule has 10 nitrogen and oxygen atoms in total. The number of rotatable bonds is 8. The third-order valence-electron chi connectivity index (χ3n) is 3.82. The van der Waals surface area contributed by atoms with Gasteiger partial charge in [-0.2, -0.15) is 0 Å². The molecule has 0 saturated carbocycles. The Kier molecular flexibility index (Phi) is 6.37. The lowest BCUT2D eigenvalue weighted by atomic mass is 10.2. The van der Waals surface area contributed by atoms with E-state index < -0.39 is 27.3 Å². The molecule has 0 bridgehead atoms. The van der Waals surface area contributed by atoms with Gasteiger partial charge in [-0.05, 0) is 18.6 Å². The van der Waals surface area contributed by atoms with Crippen LogP contribution in [0.2, 0.25) is 0 Å². The first-order chi connectivity index (χ1) is 14.2. The summed E-state index contributed by atoms with van der Waals surface area (Å²) >= 11 is 0.714. The molecule has 0 radical (unpaired) electrons. The minimum atomic E-state index is -3.72. The van der Waals surface area contributed by atoms with Crippen LogP contribution in [0.3, 0.4) is 0 Å². The van der Waals surface area contributed by atoms with E-state index in [1.807, 2.05) is 19.1 Å². The molecular formula is C18H16N4O6S2. The number of benzene rings is 2. The van der Waals surface area contributed by atoms with Gasteiger partial charge in [0.2, 0.25) is 19.3 Å². The Bertz CT molecular complexity index is 1180. The van der Waals surface area contributed by atoms with Crippen LogP contribution in [0.4, 0.5) is 10.8 Å². The Morgan fingerprint density at radius 2 is 1.87 bits per heavy atom. The smallest absolute Gasteiger partial charge is 0.310 e. The number of nitrogens with zero attached hydrogens (tertiary/aromatic N) is 3. The first kappa shape index (κ1) is 21.3. The number of hydrogen-bond donors (Lipinski definition) is 1. The summed E-state index contributed by atoms with van der Waals surface area (Å²) in [6.45, 7) is 1.38. The zero-order chi connectivity index (χ0) is 21.7. The number of sulfone groups is 1. The van der Waals surface area contributed by atoms with Gasteiger partial charge < -0.3 is 4.74 Å². The summed E-state index contributed by atoms with van der Waals surface area (Å²) in [5, 5.41) is 20.6. The average Bonchev–Trinajstić information content (AvgIpc) is 3.17. The molecule has 1 aromatic heterocycles. The van der Waals surface area contributed by atoms with Gasteiger partial charge in [-0.25, -0.2) is 8.42 Å². The molecule has 0 spiro atoms. The monoisotopic (exact) mass is 448 g/mol. The summed E-state index contributed by atoms with van der Waals surface area (Å²) in [4.78, 5) is 22.4. The van der Waals surface area contributed by atoms with Crippen LogP contribution in [-0.4, -0.2) is 36.1 Å². The summed E-state index contributed by atoms with van der Waals surface area (Å²) in [7, 11) is -3.72. The lowest BCUT2D eigenvalue weighted by Gasteiger charge is -2.05. The minimum absolute atomic E-state index is 0.0198. The molecule has 0 unspecified atom stereocenters. The standard InChI is InChI=1S/C18H16N4O6S2/c1-12-6-8-13(9-7-12)11-30(26,27)18-21-20-17(29-18)19-16(23)10-28-15-5-3-2-4-14(15)22(24)25/h2-9H,10-11H2,1H3,(H,19,20,23). The fourth-order valence-electron chi connectivity index (χ4n) is 2.38. The van der Waals surface area contributed by atoms with Crippen LogP contribution in [0.5, 0.6) is 5.75 Å². The number of nitro groups is 1. The van der Waals surface area contributed by atoms with Gasteiger partial charge in [0.1, 0.15) is 0 Å². The van der Waals surface area contributed by atoms with Gasteiger partial charge in [-0.3, -0.25) is 20.2 Å². The molecule has 2 aromatic carbocycles. The molecular weight excluding hydrogens is 432 g/mol. The van der Waals surface area contributed by atoms with Gasteiger partial charge in [0.15, 0.2) is 12.4 Å². The zero-order valence-corrected chi connectivity index (χ0v) is 17.3. The van der Waals surface area contributed by atoms with Crippen molar-refractivity contribution in [3.8, 4) is 5.75 Å². The summed E-state index contributed by atoms with van der Waals surface area (Å²) < 4.78 is 30.0. The van der Waals surface area contributed by atoms with Crippen molar-refractivity contribution in [2.45, 2.75) is 17.0 Å². The maximum absolute atomic E-state index is 12.5. The zero-order valence-electron chi connectivity index (χ0n) is 15.6. The molecule has 1 amide bonds. The van der Waals surface area contributed by atoms with E-state index in [1.54, 1.807) is 12.1 Å². The number of amides is 1. The number of nitro benzene ring substituents is 1. The Labute approximate surface area is 175 Å². The van der Waals surface area contributed by atoms with E-state index in [4.69, 9.17) is 4.74 Å². The molecule has 3 aromatic rings. The van der Waals surface area contributed by atoms with E-state index in [9.17, 15) is 23.3 Å². The topological polar surface area (TPSA) is 141 Å². The Hall–Kier alpha value is -3.38. The predicted octanol–water partition coefficient (Wildman–Crippen LogP) is 2.75. The molecule has 0 aliphatic carbocycles. The van der Waals surface area contributed by atoms with Crippen LogP contribution in [0.1, 0.15) is 11.1 Å². The SMILES string of the molecule is Cc1ccc(CS(=O)(=O)c2nnc(NC(=O)COc3ccccc3[N+](=O)[O-])s2)cc1. The van der Waals surface area contributed by atoms with Crippen LogP contribution in [0.25, 0.3) is 0 Å². The van der Waals surface area contributed by atoms with Crippen molar-refractivity contribution in [1.82, 2.24) is 10.2 Å². The highest BCUT2D eigenvalue weighted by Crippen LogP contribution is 2.26. The number of nitrogens with one attached hydrogen (secondary N) is 1. The minimum Gasteiger partial charge on any atom is -0.477 e. The third-order valence-corrected chi connectivity index (χ3v) is 6.79. The predicted molar refractivity (Wildman–Crippen MR) is 109 cm³/mol. The molecule has 1 N–H and O–H groups in total. The van der Waals surface area contributed by atoms with Crippen molar-refractivity contribution in [1.29, 1.82) is 0 Å². The number of para-hydroxylation sites is 2. The maximum Gasteiger partial charge on any atom is 0.310 e. The van der Waals surface area contributed by atoms with E-state index in [0.717, 1.165) is 5.56 Å². The lowest BCUT2D eigenvalue weighted by Crippen LogP contribution is -2.20. The fourth-order valence-corrected chi connectivity index (χ4v) is 4.72. The highest BCUT2D eigenvalue weighted by atomic mass is 32.2. The van der Waals surface area contributed by atoms with E-state index in [0.29, 0.717) is 16.9 Å². The van der Waals surface area contributed by atoms with E-state index in [1.165, 1.54) is 24.3 Å². The Morgan fingerprint density at radius 1 is 1.17 bits per heavy atom. The van der Waals surface area contributed by atoms with Gasteiger partial charge in [0.25, 0.3) is 5.91 Å². The van der Waals surface area contributed by atoms with Gasteiger partial charge in [-0.1, -0.05) is 53.3 Å². The van der Waals surface area contributed by atoms with Crippen molar-refractivity contribution in [3.05, 3.63) is 69.8 Å². The molecule has 0 saturated heterocycles. The van der Waals surface area contributed by atoms with Crippen LogP contribution in [0, 0.1) is 17.0 Å². The van der Waals surface area contributed by atoms with Gasteiger partial charge in [0.05, 0.1) is 10.7 Å². The van der Waals surface area contributed by atoms with Crippen molar-refractivity contribution < 1.29 is 22.9 Å². The second-order valence-corrected chi connectivity index (χ2v) is 9.32. The molecule has 0 atom stereocenters. The van der Waals surface area contributed by atoms with Crippen LogP contribution in [0.15, 0.2) is 52.9 Å². The molecule has 30 heavy (non-hydrogen) atoms. The molecule has 12 heteroatoms. The summed E-state index contributed by atoms with van der Waals surface area (Å²) in [5.74, 6) is -0.959. The van der Waals surface area contributed by atoms with Crippen molar-refractivity contribution >= 4 is 37.9 Å². The number of carbonyl (C=O) groups excluding carboxylic acids is 1.